The van der Waals surface area contributed by atoms with Crippen molar-refractivity contribution in [1.29, 1.82) is 0 Å². The molecule has 32 heavy (non-hydrogen) atoms. The fourth-order valence-electron chi connectivity index (χ4n) is 3.38. The van der Waals surface area contributed by atoms with Crippen molar-refractivity contribution in [2.24, 2.45) is 0 Å². The van der Waals surface area contributed by atoms with Crippen molar-refractivity contribution in [3.05, 3.63) is 58.7 Å². The highest BCUT2D eigenvalue weighted by Gasteiger charge is 2.24. The molecule has 0 saturated heterocycles. The summed E-state index contributed by atoms with van der Waals surface area (Å²) in [6.07, 6.45) is 0. The number of anilines is 1. The number of ether oxygens (including phenoxy) is 1. The second-order valence-corrected chi connectivity index (χ2v) is 10.4. The Morgan fingerprint density at radius 3 is 2.50 bits per heavy atom. The van der Waals surface area contributed by atoms with Crippen molar-refractivity contribution >= 4 is 33.9 Å². The molecule has 4 aromatic rings. The Balaban J connectivity index is 1.66. The van der Waals surface area contributed by atoms with Crippen LogP contribution in [0.2, 0.25) is 0 Å². The molecule has 2 heterocycles. The number of hydrogen-bond donors (Lipinski definition) is 2. The van der Waals surface area contributed by atoms with Crippen LogP contribution in [0.1, 0.15) is 49.9 Å². The number of aryl methyl sites for hydroxylation is 1. The van der Waals surface area contributed by atoms with Crippen LogP contribution >= 0.6 is 23.3 Å². The number of nitrogens with zero attached hydrogens (tertiary/aromatic N) is 3. The summed E-state index contributed by atoms with van der Waals surface area (Å²) in [5.41, 5.74) is 4.13. The lowest BCUT2D eigenvalue weighted by molar-refractivity contribution is 0.0773. The van der Waals surface area contributed by atoms with Crippen molar-refractivity contribution in [2.45, 2.75) is 51.0 Å². The number of aromatic nitrogens is 3. The lowest BCUT2D eigenvalue weighted by Gasteiger charge is -2.13. The molecule has 0 unspecified atom stereocenters. The Bertz CT molecular complexity index is 1240. The van der Waals surface area contributed by atoms with Crippen LogP contribution < -0.4 is 9.46 Å². The van der Waals surface area contributed by atoms with Crippen LogP contribution in [-0.4, -0.2) is 26.8 Å². The lowest BCUT2D eigenvalue weighted by atomic mass is 10.0. The molecule has 0 aliphatic heterocycles. The molecule has 0 atom stereocenters. The van der Waals surface area contributed by atoms with Gasteiger partial charge in [0.1, 0.15) is 16.4 Å². The van der Waals surface area contributed by atoms with Crippen LogP contribution in [0.5, 0.6) is 5.75 Å². The summed E-state index contributed by atoms with van der Waals surface area (Å²) < 4.78 is 10.8. The van der Waals surface area contributed by atoms with Gasteiger partial charge in [-0.1, -0.05) is 37.3 Å². The summed E-state index contributed by atoms with van der Waals surface area (Å²) >= 11 is 2.91. The van der Waals surface area contributed by atoms with Crippen LogP contribution in [0, 0.1) is 6.92 Å². The second kappa shape index (κ2) is 8.77. The fraction of sp³-hybridized carbons (Fsp3) is 0.333. The zero-order chi connectivity index (χ0) is 23.0. The van der Waals surface area contributed by atoms with E-state index >= 15 is 0 Å². The van der Waals surface area contributed by atoms with Gasteiger partial charge in [-0.05, 0) is 74.5 Å². The Morgan fingerprint density at radius 1 is 1.16 bits per heavy atom. The molecule has 0 aliphatic rings. The summed E-state index contributed by atoms with van der Waals surface area (Å²) in [6, 6.07) is 14.5. The van der Waals surface area contributed by atoms with Gasteiger partial charge < -0.3 is 14.6 Å². The molecule has 8 heteroatoms. The monoisotopic (exact) mass is 468 g/mol. The van der Waals surface area contributed by atoms with Gasteiger partial charge in [0.25, 0.3) is 0 Å². The molecule has 0 saturated carbocycles. The minimum absolute atomic E-state index is 0.506. The molecule has 0 amide bonds. The van der Waals surface area contributed by atoms with E-state index in [1.807, 2.05) is 23.6 Å². The smallest absolute Gasteiger partial charge is 0.213 e. The van der Waals surface area contributed by atoms with Crippen LogP contribution in [-0.2, 0) is 5.60 Å². The van der Waals surface area contributed by atoms with E-state index in [1.165, 1.54) is 28.8 Å². The predicted octanol–water partition coefficient (Wildman–Crippen LogP) is 6.24. The van der Waals surface area contributed by atoms with Crippen molar-refractivity contribution in [2.75, 3.05) is 11.8 Å². The topological polar surface area (TPSA) is 71.7 Å². The SMILES string of the molecule is COc1ccc(-c2c(C)nc3sc(C(C)(C)O)nn23)cc1SNc1ccc(C(C)C)cc1. The molecule has 0 aliphatic carbocycles. The second-order valence-electron chi connectivity index (χ2n) is 8.55. The molecule has 4 rings (SSSR count). The van der Waals surface area contributed by atoms with E-state index in [0.29, 0.717) is 10.9 Å². The number of imidazole rings is 1. The number of fused-ring (bicyclic) bond motifs is 1. The molecule has 0 fully saturated rings. The third kappa shape index (κ3) is 4.48. The van der Waals surface area contributed by atoms with Crippen LogP contribution in [0.3, 0.4) is 0 Å². The van der Waals surface area contributed by atoms with Gasteiger partial charge in [-0.3, -0.25) is 0 Å². The quantitative estimate of drug-likeness (QED) is 0.313. The van der Waals surface area contributed by atoms with Gasteiger partial charge in [0, 0.05) is 11.3 Å². The van der Waals surface area contributed by atoms with Gasteiger partial charge in [-0.2, -0.15) is 5.10 Å². The molecule has 2 aromatic carbocycles. The average molecular weight is 469 g/mol. The maximum Gasteiger partial charge on any atom is 0.213 e. The highest BCUT2D eigenvalue weighted by Crippen LogP contribution is 2.37. The number of methoxy groups -OCH3 is 1. The van der Waals surface area contributed by atoms with Crippen molar-refractivity contribution < 1.29 is 9.84 Å². The number of aliphatic hydroxyl groups is 1. The fourth-order valence-corrected chi connectivity index (χ4v) is 5.13. The number of benzene rings is 2. The maximum atomic E-state index is 10.4. The molecule has 168 valence electrons. The van der Waals surface area contributed by atoms with E-state index in [1.54, 1.807) is 21.0 Å². The molecular weight excluding hydrogens is 440 g/mol. The first-order valence-corrected chi connectivity index (χ1v) is 12.1. The standard InChI is InChI=1S/C24H28N4O2S2/c1-14(2)16-7-10-18(11-8-16)27-32-20-13-17(9-12-19(20)30-6)21-15(3)25-23-28(21)26-22(31-23)24(4,5)29/h7-14,27,29H,1-6H3. The average Bonchev–Trinajstić information content (AvgIpc) is 3.29. The van der Waals surface area contributed by atoms with Crippen molar-refractivity contribution in [3.8, 4) is 17.0 Å². The Morgan fingerprint density at radius 2 is 1.88 bits per heavy atom. The van der Waals surface area contributed by atoms with Gasteiger partial charge in [0.05, 0.1) is 23.4 Å². The third-order valence-corrected chi connectivity index (χ3v) is 7.29. The summed E-state index contributed by atoms with van der Waals surface area (Å²) in [7, 11) is 1.68. The Labute approximate surface area is 196 Å². The minimum Gasteiger partial charge on any atom is -0.496 e. The maximum absolute atomic E-state index is 10.4. The first-order valence-electron chi connectivity index (χ1n) is 10.5. The number of nitrogens with one attached hydrogen (secondary N) is 1. The molecule has 2 N–H and O–H groups in total. The zero-order valence-electron chi connectivity index (χ0n) is 19.1. The van der Waals surface area contributed by atoms with E-state index in [4.69, 9.17) is 4.74 Å². The first kappa shape index (κ1) is 22.6. The van der Waals surface area contributed by atoms with Crippen LogP contribution in [0.25, 0.3) is 16.2 Å². The lowest BCUT2D eigenvalue weighted by Crippen LogP contribution is -2.15. The molecule has 6 nitrogen and oxygen atoms in total. The summed E-state index contributed by atoms with van der Waals surface area (Å²) in [4.78, 5) is 6.40. The van der Waals surface area contributed by atoms with Gasteiger partial charge in [0.2, 0.25) is 4.96 Å². The largest absolute Gasteiger partial charge is 0.496 e. The van der Waals surface area contributed by atoms with E-state index in [0.717, 1.165) is 38.2 Å². The molecule has 2 aromatic heterocycles. The molecule has 0 radical (unpaired) electrons. The van der Waals surface area contributed by atoms with Crippen molar-refractivity contribution in [1.82, 2.24) is 14.6 Å². The van der Waals surface area contributed by atoms with E-state index in [-0.39, 0.29) is 0 Å². The van der Waals surface area contributed by atoms with E-state index in [9.17, 15) is 5.11 Å². The highest BCUT2D eigenvalue weighted by molar-refractivity contribution is 8.00. The Hall–Kier alpha value is -2.55. The highest BCUT2D eigenvalue weighted by atomic mass is 32.2. The summed E-state index contributed by atoms with van der Waals surface area (Å²) in [5.74, 6) is 1.30. The van der Waals surface area contributed by atoms with E-state index in [2.05, 4.69) is 59.0 Å². The zero-order valence-corrected chi connectivity index (χ0v) is 20.8. The predicted molar refractivity (Wildman–Crippen MR) is 133 cm³/mol. The normalized spacial score (nSPS) is 12.0. The van der Waals surface area contributed by atoms with Crippen LogP contribution in [0.4, 0.5) is 5.69 Å². The number of rotatable bonds is 7. The third-order valence-electron chi connectivity index (χ3n) is 5.19. The summed E-state index contributed by atoms with van der Waals surface area (Å²) in [5, 5.41) is 15.6. The minimum atomic E-state index is -1.01. The summed E-state index contributed by atoms with van der Waals surface area (Å²) in [6.45, 7) is 9.83. The molecular formula is C24H28N4O2S2. The van der Waals surface area contributed by atoms with Gasteiger partial charge in [-0.15, -0.1) is 0 Å². The molecule has 0 bridgehead atoms. The Kier molecular flexibility index (Phi) is 6.20. The molecule has 0 spiro atoms. The van der Waals surface area contributed by atoms with Crippen LogP contribution in [0.15, 0.2) is 47.4 Å². The van der Waals surface area contributed by atoms with Gasteiger partial charge in [0.15, 0.2) is 0 Å². The van der Waals surface area contributed by atoms with Gasteiger partial charge in [-0.25, -0.2) is 9.50 Å². The first-order chi connectivity index (χ1) is 15.2. The van der Waals surface area contributed by atoms with E-state index < -0.39 is 5.60 Å². The van der Waals surface area contributed by atoms with Crippen molar-refractivity contribution in [3.63, 3.8) is 0 Å². The number of hydrogen-bond acceptors (Lipinski definition) is 7. The van der Waals surface area contributed by atoms with Gasteiger partial charge >= 0.3 is 0 Å².